The summed E-state index contributed by atoms with van der Waals surface area (Å²) in [5, 5.41) is 4.40. The van der Waals surface area contributed by atoms with E-state index in [-0.39, 0.29) is 5.91 Å². The van der Waals surface area contributed by atoms with Crippen LogP contribution in [0.25, 0.3) is 0 Å². The molecule has 1 amide bonds. The molecular weight excluding hydrogens is 298 g/mol. The summed E-state index contributed by atoms with van der Waals surface area (Å²) >= 11 is 0. The van der Waals surface area contributed by atoms with Gasteiger partial charge in [-0.3, -0.25) is 9.69 Å². The molecule has 0 radical (unpaired) electrons. The Labute approximate surface area is 143 Å². The number of hydrazone groups is 1. The van der Waals surface area contributed by atoms with Crippen LogP contribution in [0.4, 0.5) is 0 Å². The summed E-state index contributed by atoms with van der Waals surface area (Å²) < 4.78 is 0. The molecule has 2 unspecified atom stereocenters. The molecule has 24 heavy (non-hydrogen) atoms. The third-order valence-corrected chi connectivity index (χ3v) is 5.87. The Kier molecular flexibility index (Phi) is 4.01. The summed E-state index contributed by atoms with van der Waals surface area (Å²) in [6.45, 7) is 4.24. The molecule has 2 atom stereocenters. The van der Waals surface area contributed by atoms with Gasteiger partial charge in [-0.1, -0.05) is 49.4 Å². The van der Waals surface area contributed by atoms with Crippen LogP contribution >= 0.6 is 0 Å². The van der Waals surface area contributed by atoms with Crippen LogP contribution in [-0.4, -0.2) is 35.7 Å². The standard InChI is InChI=1S/C20H25N3O/c1-15-6-5-9-17(14-15)23-12-10-20(11-13-23)18(21-22-19(20)24)16-7-3-2-4-8-16/h2-5,7-9,15,17H,6,10-14H2,1H3,(H,22,24). The molecule has 0 bridgehead atoms. The highest BCUT2D eigenvalue weighted by atomic mass is 16.2. The zero-order valence-corrected chi connectivity index (χ0v) is 14.2. The van der Waals surface area contributed by atoms with Crippen molar-refractivity contribution >= 4 is 11.6 Å². The van der Waals surface area contributed by atoms with E-state index >= 15 is 0 Å². The Balaban J connectivity index is 1.52. The van der Waals surface area contributed by atoms with Crippen molar-refractivity contribution in [3.05, 3.63) is 48.0 Å². The number of allylic oxidation sites excluding steroid dienone is 1. The molecule has 2 aliphatic heterocycles. The number of piperidine rings is 1. The minimum Gasteiger partial charge on any atom is -0.297 e. The van der Waals surface area contributed by atoms with E-state index in [0.717, 1.165) is 43.1 Å². The van der Waals surface area contributed by atoms with Crippen molar-refractivity contribution in [1.29, 1.82) is 0 Å². The second-order valence-electron chi connectivity index (χ2n) is 7.46. The van der Waals surface area contributed by atoms with Gasteiger partial charge in [-0.05, 0) is 37.2 Å². The maximum Gasteiger partial charge on any atom is 0.252 e. The first-order chi connectivity index (χ1) is 11.7. The van der Waals surface area contributed by atoms with E-state index in [1.165, 1.54) is 12.8 Å². The van der Waals surface area contributed by atoms with Crippen molar-refractivity contribution in [3.8, 4) is 0 Å². The summed E-state index contributed by atoms with van der Waals surface area (Å²) in [7, 11) is 0. The zero-order valence-electron chi connectivity index (χ0n) is 14.2. The molecule has 4 heteroatoms. The molecule has 1 aromatic rings. The number of rotatable bonds is 2. The van der Waals surface area contributed by atoms with Gasteiger partial charge in [0.2, 0.25) is 0 Å². The fourth-order valence-corrected chi connectivity index (χ4v) is 4.39. The fourth-order valence-electron chi connectivity index (χ4n) is 4.39. The van der Waals surface area contributed by atoms with Crippen LogP contribution in [0.15, 0.2) is 47.6 Å². The van der Waals surface area contributed by atoms with Gasteiger partial charge in [0.05, 0.1) is 11.1 Å². The van der Waals surface area contributed by atoms with Gasteiger partial charge in [-0.2, -0.15) is 5.10 Å². The minimum atomic E-state index is -0.443. The molecule has 1 aliphatic carbocycles. The highest BCUT2D eigenvalue weighted by molar-refractivity contribution is 6.19. The van der Waals surface area contributed by atoms with E-state index in [1.807, 2.05) is 18.2 Å². The van der Waals surface area contributed by atoms with E-state index in [0.29, 0.717) is 6.04 Å². The Morgan fingerprint density at radius 2 is 1.96 bits per heavy atom. The highest BCUT2D eigenvalue weighted by Gasteiger charge is 2.50. The van der Waals surface area contributed by atoms with Crippen LogP contribution in [0.2, 0.25) is 0 Å². The molecule has 1 N–H and O–H groups in total. The quantitative estimate of drug-likeness (QED) is 0.851. The number of benzene rings is 1. The number of nitrogens with zero attached hydrogens (tertiary/aromatic N) is 2. The van der Waals surface area contributed by atoms with Crippen LogP contribution in [0.1, 0.15) is 38.2 Å². The molecule has 0 aromatic heterocycles. The van der Waals surface area contributed by atoms with Gasteiger partial charge in [0, 0.05) is 19.1 Å². The number of nitrogens with one attached hydrogen (secondary N) is 1. The van der Waals surface area contributed by atoms with E-state index in [4.69, 9.17) is 0 Å². The molecule has 4 rings (SSSR count). The Bertz CT molecular complexity index is 671. The third-order valence-electron chi connectivity index (χ3n) is 5.87. The van der Waals surface area contributed by atoms with Crippen LogP contribution < -0.4 is 5.43 Å². The van der Waals surface area contributed by atoms with Crippen molar-refractivity contribution in [2.24, 2.45) is 16.4 Å². The molecule has 2 heterocycles. The van der Waals surface area contributed by atoms with Crippen molar-refractivity contribution in [1.82, 2.24) is 10.3 Å². The molecule has 3 aliphatic rings. The van der Waals surface area contributed by atoms with E-state index in [2.05, 4.69) is 46.6 Å². The third kappa shape index (κ3) is 2.59. The minimum absolute atomic E-state index is 0.0774. The van der Waals surface area contributed by atoms with Crippen molar-refractivity contribution in [2.75, 3.05) is 13.1 Å². The highest BCUT2D eigenvalue weighted by Crippen LogP contribution is 2.40. The Hall–Kier alpha value is -1.94. The number of hydrogen-bond acceptors (Lipinski definition) is 3. The van der Waals surface area contributed by atoms with Crippen LogP contribution in [0.3, 0.4) is 0 Å². The first-order valence-electron chi connectivity index (χ1n) is 9.04. The van der Waals surface area contributed by atoms with E-state index < -0.39 is 5.41 Å². The number of hydrogen-bond donors (Lipinski definition) is 1. The molecule has 1 spiro atoms. The van der Waals surface area contributed by atoms with Crippen LogP contribution in [-0.2, 0) is 4.79 Å². The Morgan fingerprint density at radius 1 is 1.21 bits per heavy atom. The average molecular weight is 323 g/mol. The van der Waals surface area contributed by atoms with E-state index in [1.54, 1.807) is 0 Å². The summed E-state index contributed by atoms with van der Waals surface area (Å²) in [6.07, 6.45) is 8.81. The zero-order chi connectivity index (χ0) is 16.6. The lowest BCUT2D eigenvalue weighted by atomic mass is 9.72. The van der Waals surface area contributed by atoms with Gasteiger partial charge < -0.3 is 0 Å². The summed E-state index contributed by atoms with van der Waals surface area (Å²) in [6, 6.07) is 10.7. The maximum atomic E-state index is 12.6. The lowest BCUT2D eigenvalue weighted by Gasteiger charge is -2.42. The molecular formula is C20H25N3O. The van der Waals surface area contributed by atoms with Crippen LogP contribution in [0, 0.1) is 11.3 Å². The molecule has 0 saturated carbocycles. The van der Waals surface area contributed by atoms with Crippen molar-refractivity contribution < 1.29 is 4.79 Å². The molecule has 1 saturated heterocycles. The normalized spacial score (nSPS) is 29.5. The topological polar surface area (TPSA) is 44.7 Å². The molecule has 1 fully saturated rings. The molecule has 126 valence electrons. The van der Waals surface area contributed by atoms with E-state index in [9.17, 15) is 4.79 Å². The smallest absolute Gasteiger partial charge is 0.252 e. The van der Waals surface area contributed by atoms with Gasteiger partial charge >= 0.3 is 0 Å². The molecule has 1 aromatic carbocycles. The maximum absolute atomic E-state index is 12.6. The SMILES string of the molecule is CC1CC=CC(N2CCC3(CC2)C(=O)NN=C3c2ccccc2)C1. The van der Waals surface area contributed by atoms with Gasteiger partial charge in [0.15, 0.2) is 0 Å². The largest absolute Gasteiger partial charge is 0.297 e. The number of likely N-dealkylation sites (tertiary alicyclic amines) is 1. The lowest BCUT2D eigenvalue weighted by Crippen LogP contribution is -2.51. The summed E-state index contributed by atoms with van der Waals surface area (Å²) in [5.41, 5.74) is 4.30. The molecule has 4 nitrogen and oxygen atoms in total. The fraction of sp³-hybridized carbons (Fsp3) is 0.500. The predicted molar refractivity (Wildman–Crippen MR) is 95.7 cm³/mol. The number of carbonyl (C=O) groups is 1. The monoisotopic (exact) mass is 323 g/mol. The second kappa shape index (κ2) is 6.17. The summed E-state index contributed by atoms with van der Waals surface area (Å²) in [4.78, 5) is 15.2. The first kappa shape index (κ1) is 15.6. The van der Waals surface area contributed by atoms with Crippen LogP contribution in [0.5, 0.6) is 0 Å². The number of carbonyl (C=O) groups excluding carboxylic acids is 1. The van der Waals surface area contributed by atoms with Crippen molar-refractivity contribution in [2.45, 2.75) is 38.6 Å². The predicted octanol–water partition coefficient (Wildman–Crippen LogP) is 2.96. The second-order valence-corrected chi connectivity index (χ2v) is 7.46. The van der Waals surface area contributed by atoms with Gasteiger partial charge in [0.25, 0.3) is 5.91 Å². The Morgan fingerprint density at radius 3 is 2.67 bits per heavy atom. The number of amides is 1. The van der Waals surface area contributed by atoms with Gasteiger partial charge in [0.1, 0.15) is 0 Å². The summed E-state index contributed by atoms with van der Waals surface area (Å²) in [5.74, 6) is 0.834. The van der Waals surface area contributed by atoms with Crippen molar-refractivity contribution in [3.63, 3.8) is 0 Å². The first-order valence-corrected chi connectivity index (χ1v) is 9.04. The van der Waals surface area contributed by atoms with Gasteiger partial charge in [-0.15, -0.1) is 0 Å². The van der Waals surface area contributed by atoms with Gasteiger partial charge in [-0.25, -0.2) is 5.43 Å². The lowest BCUT2D eigenvalue weighted by molar-refractivity contribution is -0.128. The average Bonchev–Trinajstić information content (AvgIpc) is 2.93.